The van der Waals surface area contributed by atoms with Crippen molar-refractivity contribution >= 4 is 6.03 Å². The molecule has 14 heavy (non-hydrogen) atoms. The summed E-state index contributed by atoms with van der Waals surface area (Å²) in [7, 11) is 0. The van der Waals surface area contributed by atoms with E-state index in [9.17, 15) is 14.3 Å². The zero-order valence-electron chi connectivity index (χ0n) is 7.25. The number of rotatable bonds is 1. The highest BCUT2D eigenvalue weighted by molar-refractivity contribution is 5.77. The minimum Gasteiger partial charge on any atom is -0.508 e. The molecule has 0 spiro atoms. The van der Waals surface area contributed by atoms with Crippen LogP contribution in [0.1, 0.15) is 11.6 Å². The van der Waals surface area contributed by atoms with Gasteiger partial charge in [-0.3, -0.25) is 0 Å². The van der Waals surface area contributed by atoms with Crippen LogP contribution in [0.3, 0.4) is 0 Å². The highest BCUT2D eigenvalue weighted by atomic mass is 19.1. The van der Waals surface area contributed by atoms with Gasteiger partial charge in [0.25, 0.3) is 0 Å². The van der Waals surface area contributed by atoms with Crippen LogP contribution in [0.5, 0.6) is 5.75 Å². The van der Waals surface area contributed by atoms with Gasteiger partial charge in [0.05, 0.1) is 6.04 Å². The van der Waals surface area contributed by atoms with E-state index in [0.717, 1.165) is 0 Å². The molecule has 5 heteroatoms. The lowest BCUT2D eigenvalue weighted by molar-refractivity contribution is 0.247. The van der Waals surface area contributed by atoms with E-state index < -0.39 is 5.82 Å². The molecule has 2 rings (SSSR count). The van der Waals surface area contributed by atoms with Crippen LogP contribution in [-0.4, -0.2) is 17.7 Å². The van der Waals surface area contributed by atoms with Gasteiger partial charge in [-0.1, -0.05) is 0 Å². The van der Waals surface area contributed by atoms with Crippen molar-refractivity contribution in [2.75, 3.05) is 6.54 Å². The Morgan fingerprint density at radius 3 is 2.93 bits per heavy atom. The smallest absolute Gasteiger partial charge is 0.315 e. The molecule has 1 aliphatic heterocycles. The van der Waals surface area contributed by atoms with Crippen molar-refractivity contribution in [1.82, 2.24) is 10.6 Å². The maximum atomic E-state index is 12.9. The van der Waals surface area contributed by atoms with Crippen molar-refractivity contribution < 1.29 is 14.3 Å². The maximum Gasteiger partial charge on any atom is 0.315 e. The highest BCUT2D eigenvalue weighted by Crippen LogP contribution is 2.25. The summed E-state index contributed by atoms with van der Waals surface area (Å²) in [5.74, 6) is -0.445. The third-order valence-corrected chi connectivity index (χ3v) is 2.14. The van der Waals surface area contributed by atoms with Crippen molar-refractivity contribution in [3.8, 4) is 5.75 Å². The second kappa shape index (κ2) is 3.17. The first kappa shape index (κ1) is 8.80. The number of halogens is 1. The Hall–Kier alpha value is -1.78. The fourth-order valence-corrected chi connectivity index (χ4v) is 1.45. The summed E-state index contributed by atoms with van der Waals surface area (Å²) in [6.07, 6.45) is 0. The summed E-state index contributed by atoms with van der Waals surface area (Å²) >= 11 is 0. The fourth-order valence-electron chi connectivity index (χ4n) is 1.45. The summed E-state index contributed by atoms with van der Waals surface area (Å²) in [4.78, 5) is 10.8. The second-order valence-electron chi connectivity index (χ2n) is 3.11. The normalized spacial score (nSPS) is 20.4. The van der Waals surface area contributed by atoms with Crippen molar-refractivity contribution in [3.05, 3.63) is 29.6 Å². The first-order valence-electron chi connectivity index (χ1n) is 4.19. The standard InChI is InChI=1S/C9H9FN2O2/c10-5-1-2-8(13)6(3-5)7-4-11-9(14)12-7/h1-3,7,13H,4H2,(H2,11,12,14)/t7-/m0/s1. The number of phenolic OH excluding ortho intramolecular Hbond substituents is 1. The molecule has 1 fully saturated rings. The van der Waals surface area contributed by atoms with Crippen LogP contribution in [0.25, 0.3) is 0 Å². The second-order valence-corrected chi connectivity index (χ2v) is 3.11. The monoisotopic (exact) mass is 196 g/mol. The molecule has 0 unspecified atom stereocenters. The van der Waals surface area contributed by atoms with Gasteiger partial charge in [0.2, 0.25) is 0 Å². The van der Waals surface area contributed by atoms with E-state index in [4.69, 9.17) is 0 Å². The molecule has 1 aromatic rings. The molecule has 2 amide bonds. The average Bonchev–Trinajstić information content (AvgIpc) is 2.56. The number of hydrogen-bond donors (Lipinski definition) is 3. The van der Waals surface area contributed by atoms with Crippen LogP contribution >= 0.6 is 0 Å². The topological polar surface area (TPSA) is 61.4 Å². The Balaban J connectivity index is 2.31. The minimum atomic E-state index is -0.432. The van der Waals surface area contributed by atoms with Crippen LogP contribution in [0.15, 0.2) is 18.2 Å². The number of nitrogens with one attached hydrogen (secondary N) is 2. The van der Waals surface area contributed by atoms with Crippen molar-refractivity contribution in [2.45, 2.75) is 6.04 Å². The van der Waals surface area contributed by atoms with Gasteiger partial charge in [0.1, 0.15) is 11.6 Å². The Morgan fingerprint density at radius 2 is 2.29 bits per heavy atom. The van der Waals surface area contributed by atoms with Gasteiger partial charge in [0, 0.05) is 12.1 Å². The number of phenols is 1. The Morgan fingerprint density at radius 1 is 1.50 bits per heavy atom. The zero-order valence-corrected chi connectivity index (χ0v) is 7.25. The molecule has 1 atom stereocenters. The van der Waals surface area contributed by atoms with Gasteiger partial charge in [-0.05, 0) is 18.2 Å². The van der Waals surface area contributed by atoms with E-state index in [2.05, 4.69) is 10.6 Å². The van der Waals surface area contributed by atoms with Crippen LogP contribution in [0, 0.1) is 5.82 Å². The van der Waals surface area contributed by atoms with Crippen LogP contribution in [0.4, 0.5) is 9.18 Å². The molecule has 1 aliphatic rings. The number of amides is 2. The Labute approximate surface area is 79.7 Å². The van der Waals surface area contributed by atoms with Gasteiger partial charge in [-0.2, -0.15) is 0 Å². The molecule has 1 heterocycles. The van der Waals surface area contributed by atoms with Gasteiger partial charge in [-0.15, -0.1) is 0 Å². The van der Waals surface area contributed by atoms with Gasteiger partial charge in [0.15, 0.2) is 0 Å². The third kappa shape index (κ3) is 1.48. The fraction of sp³-hybridized carbons (Fsp3) is 0.222. The zero-order chi connectivity index (χ0) is 10.1. The Kier molecular flexibility index (Phi) is 1.99. The number of aromatic hydroxyl groups is 1. The number of benzene rings is 1. The van der Waals surface area contributed by atoms with E-state index in [-0.39, 0.29) is 17.8 Å². The lowest BCUT2D eigenvalue weighted by atomic mass is 10.1. The molecule has 4 nitrogen and oxygen atoms in total. The van der Waals surface area contributed by atoms with Crippen LogP contribution < -0.4 is 10.6 Å². The summed E-state index contributed by atoms with van der Waals surface area (Å²) in [6.45, 7) is 0.357. The molecule has 0 radical (unpaired) electrons. The quantitative estimate of drug-likeness (QED) is 0.624. The summed E-state index contributed by atoms with van der Waals surface area (Å²) < 4.78 is 12.9. The molecule has 3 N–H and O–H groups in total. The van der Waals surface area contributed by atoms with Gasteiger partial charge >= 0.3 is 6.03 Å². The summed E-state index contributed by atoms with van der Waals surface area (Å²) in [5.41, 5.74) is 0.392. The average molecular weight is 196 g/mol. The molecule has 0 aliphatic carbocycles. The summed E-state index contributed by atoms with van der Waals surface area (Å²) in [6, 6.07) is 2.99. The maximum absolute atomic E-state index is 12.9. The number of urea groups is 1. The van der Waals surface area contributed by atoms with Crippen LogP contribution in [-0.2, 0) is 0 Å². The van der Waals surface area contributed by atoms with Crippen molar-refractivity contribution in [1.29, 1.82) is 0 Å². The van der Waals surface area contributed by atoms with Crippen molar-refractivity contribution in [3.63, 3.8) is 0 Å². The van der Waals surface area contributed by atoms with Gasteiger partial charge in [-0.25, -0.2) is 9.18 Å². The third-order valence-electron chi connectivity index (χ3n) is 2.14. The summed E-state index contributed by atoms with van der Waals surface area (Å²) in [5, 5.41) is 14.5. The van der Waals surface area contributed by atoms with Gasteiger partial charge < -0.3 is 15.7 Å². The largest absolute Gasteiger partial charge is 0.508 e. The molecule has 74 valence electrons. The van der Waals surface area contributed by atoms with E-state index in [0.29, 0.717) is 12.1 Å². The molecule has 0 saturated carbocycles. The SMILES string of the molecule is O=C1NC[C@@H](c2cc(F)ccc2O)N1. The molecule has 0 aromatic heterocycles. The molecule has 1 saturated heterocycles. The molecule has 1 aromatic carbocycles. The first-order valence-corrected chi connectivity index (χ1v) is 4.19. The number of carbonyl (C=O) groups excluding carboxylic acids is 1. The Bertz CT molecular complexity index is 381. The number of carbonyl (C=O) groups is 1. The van der Waals surface area contributed by atoms with Crippen LogP contribution in [0.2, 0.25) is 0 Å². The minimum absolute atomic E-state index is 0.0135. The highest BCUT2D eigenvalue weighted by Gasteiger charge is 2.24. The van der Waals surface area contributed by atoms with E-state index >= 15 is 0 Å². The van der Waals surface area contributed by atoms with E-state index in [1.807, 2.05) is 0 Å². The lowest BCUT2D eigenvalue weighted by Crippen LogP contribution is -2.21. The predicted octanol–water partition coefficient (Wildman–Crippen LogP) is 0.885. The predicted molar refractivity (Wildman–Crippen MR) is 47.3 cm³/mol. The number of hydrogen-bond acceptors (Lipinski definition) is 2. The molecular formula is C9H9FN2O2. The lowest BCUT2D eigenvalue weighted by Gasteiger charge is -2.10. The molecule has 0 bridgehead atoms. The first-order chi connectivity index (χ1) is 6.66. The van der Waals surface area contributed by atoms with E-state index in [1.54, 1.807) is 0 Å². The van der Waals surface area contributed by atoms with Crippen molar-refractivity contribution in [2.24, 2.45) is 0 Å². The van der Waals surface area contributed by atoms with E-state index in [1.165, 1.54) is 18.2 Å². The molecular weight excluding hydrogens is 187 g/mol.